The highest BCUT2D eigenvalue weighted by atomic mass is 15.1. The summed E-state index contributed by atoms with van der Waals surface area (Å²) in [4.78, 5) is 2.47. The van der Waals surface area contributed by atoms with Crippen molar-refractivity contribution >= 4 is 22.6 Å². The zero-order valence-corrected chi connectivity index (χ0v) is 42.4. The average Bonchev–Trinajstić information content (AvgIpc) is 4.28. The van der Waals surface area contributed by atoms with Crippen LogP contribution in [0.5, 0.6) is 0 Å². The van der Waals surface area contributed by atoms with E-state index in [9.17, 15) is 0 Å². The molecule has 0 N–H and O–H groups in total. The number of allylic oxidation sites excluding steroid dienone is 5. The molecule has 0 heterocycles. The highest BCUT2D eigenvalue weighted by molar-refractivity contribution is 6.02. The van der Waals surface area contributed by atoms with E-state index in [-0.39, 0.29) is 0 Å². The molecule has 0 saturated carbocycles. The summed E-state index contributed by atoms with van der Waals surface area (Å²) in [6.45, 7) is 6.02. The third kappa shape index (κ3) is 6.72. The number of fused-ring (bicyclic) bond motifs is 13. The minimum absolute atomic E-state index is 0.495. The number of nitrogens with zero attached hydrogens (tertiary/aromatic N) is 1. The van der Waals surface area contributed by atoms with Crippen LogP contribution in [0, 0.1) is 0 Å². The van der Waals surface area contributed by atoms with E-state index in [1.54, 1.807) is 0 Å². The minimum Gasteiger partial charge on any atom is -0.310 e. The van der Waals surface area contributed by atoms with Crippen molar-refractivity contribution in [3.8, 4) is 55.6 Å². The van der Waals surface area contributed by atoms with Crippen molar-refractivity contribution in [2.75, 3.05) is 4.90 Å². The second kappa shape index (κ2) is 18.1. The van der Waals surface area contributed by atoms with E-state index in [0.717, 1.165) is 17.1 Å². The van der Waals surface area contributed by atoms with Gasteiger partial charge in [-0.15, -0.1) is 0 Å². The van der Waals surface area contributed by atoms with Crippen LogP contribution in [-0.4, -0.2) is 0 Å². The summed E-state index contributed by atoms with van der Waals surface area (Å²) < 4.78 is 0. The molecule has 0 radical (unpaired) electrons. The summed E-state index contributed by atoms with van der Waals surface area (Å²) in [5, 5.41) is 0. The Hall–Kier alpha value is -9.56. The third-order valence-corrected chi connectivity index (χ3v) is 16.5. The second-order valence-electron chi connectivity index (χ2n) is 20.4. The van der Waals surface area contributed by atoms with Gasteiger partial charge in [-0.25, -0.2) is 0 Å². The second-order valence-corrected chi connectivity index (χ2v) is 20.4. The molecule has 0 fully saturated rings. The summed E-state index contributed by atoms with van der Waals surface area (Å²) in [6, 6.07) is 100.0. The molecule has 1 unspecified atom stereocenters. The molecule has 3 aliphatic carbocycles. The van der Waals surface area contributed by atoms with Crippen molar-refractivity contribution < 1.29 is 0 Å². The van der Waals surface area contributed by atoms with Crippen LogP contribution in [0.2, 0.25) is 0 Å². The molecule has 76 heavy (non-hydrogen) atoms. The number of hydrogen-bond donors (Lipinski definition) is 0. The molecule has 0 aromatic heterocycles. The van der Waals surface area contributed by atoms with Gasteiger partial charge < -0.3 is 4.90 Å². The maximum atomic E-state index is 3.86. The van der Waals surface area contributed by atoms with Crippen molar-refractivity contribution in [3.05, 3.63) is 348 Å². The van der Waals surface area contributed by atoms with Crippen molar-refractivity contribution in [1.29, 1.82) is 0 Å². The van der Waals surface area contributed by atoms with E-state index in [1.165, 1.54) is 111 Å². The zero-order valence-electron chi connectivity index (χ0n) is 42.4. The Balaban J connectivity index is 0.973. The van der Waals surface area contributed by atoms with Crippen molar-refractivity contribution in [3.63, 3.8) is 0 Å². The summed E-state index contributed by atoms with van der Waals surface area (Å²) in [5.74, 6) is 0. The first-order chi connectivity index (χ1) is 37.6. The Bertz CT molecular complexity index is 4070. The van der Waals surface area contributed by atoms with Gasteiger partial charge in [0, 0.05) is 16.9 Å². The van der Waals surface area contributed by atoms with Gasteiger partial charge in [0.1, 0.15) is 0 Å². The number of anilines is 3. The smallest absolute Gasteiger partial charge is 0.0726 e. The highest BCUT2D eigenvalue weighted by Crippen LogP contribution is 2.65. The van der Waals surface area contributed by atoms with Crippen LogP contribution in [-0.2, 0) is 10.8 Å². The quantitative estimate of drug-likeness (QED) is 0.123. The molecule has 11 aromatic carbocycles. The van der Waals surface area contributed by atoms with Gasteiger partial charge in [-0.1, -0.05) is 255 Å². The fourth-order valence-corrected chi connectivity index (χ4v) is 13.3. The van der Waals surface area contributed by atoms with E-state index in [2.05, 4.69) is 291 Å². The fraction of sp³-hybridized carbons (Fsp3) is 0.0400. The molecule has 1 heteroatoms. The van der Waals surface area contributed by atoms with Crippen molar-refractivity contribution in [1.82, 2.24) is 0 Å². The lowest BCUT2D eigenvalue weighted by Gasteiger charge is -2.34. The summed E-state index contributed by atoms with van der Waals surface area (Å²) in [7, 11) is 0. The Kier molecular flexibility index (Phi) is 10.8. The molecule has 0 saturated heterocycles. The maximum Gasteiger partial charge on any atom is 0.0726 e. The summed E-state index contributed by atoms with van der Waals surface area (Å²) >= 11 is 0. The highest BCUT2D eigenvalue weighted by Gasteiger charge is 2.53. The van der Waals surface area contributed by atoms with Gasteiger partial charge >= 0.3 is 0 Å². The van der Waals surface area contributed by atoms with E-state index < -0.39 is 10.8 Å². The first-order valence-corrected chi connectivity index (χ1v) is 26.4. The van der Waals surface area contributed by atoms with Crippen LogP contribution in [0.25, 0.3) is 61.2 Å². The van der Waals surface area contributed by atoms with Crippen molar-refractivity contribution in [2.24, 2.45) is 0 Å². The zero-order chi connectivity index (χ0) is 50.8. The van der Waals surface area contributed by atoms with Gasteiger partial charge in [-0.3, -0.25) is 0 Å². The van der Waals surface area contributed by atoms with E-state index in [0.29, 0.717) is 0 Å². The fourth-order valence-electron chi connectivity index (χ4n) is 13.3. The van der Waals surface area contributed by atoms with Crippen LogP contribution in [0.1, 0.15) is 57.0 Å². The van der Waals surface area contributed by atoms with Gasteiger partial charge in [-0.05, 0) is 155 Å². The molecule has 11 aromatic rings. The van der Waals surface area contributed by atoms with Crippen molar-refractivity contribution in [2.45, 2.75) is 17.8 Å². The van der Waals surface area contributed by atoms with Gasteiger partial charge in [0.05, 0.1) is 16.5 Å². The van der Waals surface area contributed by atoms with Crippen LogP contribution < -0.4 is 4.90 Å². The molecule has 3 aliphatic rings. The van der Waals surface area contributed by atoms with Crippen LogP contribution in [0.3, 0.4) is 0 Å². The standard InChI is InChI=1S/C75H53N/c1-3-4-8-22-51(2)52-37-43-59(44-38-52)76(60-45-39-54(40-46-60)53-23-9-5-10-24-53)72-36-21-35-69-73(72)65-31-17-20-34-68(65)75(69)67-33-19-16-30-62(67)64-48-42-56(50-71(64)75)55-41-47-63-61-29-15-18-32-66(61)74(70(63)49-55,57-25-11-6-12-26-57)58-27-13-7-14-28-58/h3-50H,1H2,2H3/b8-4-,51-22+. The number of hydrogen-bond acceptors (Lipinski definition) is 1. The minimum atomic E-state index is -0.581. The molecule has 1 spiro atoms. The number of benzene rings is 11. The molecular weight excluding hydrogens is 915 g/mol. The molecule has 1 atom stereocenters. The summed E-state index contributed by atoms with van der Waals surface area (Å²) in [5.41, 5.74) is 27.4. The predicted molar refractivity (Wildman–Crippen MR) is 319 cm³/mol. The molecule has 358 valence electrons. The SMILES string of the molecule is C=C/C=C\C=C(/C)c1ccc(N(c2ccc(-c3ccccc3)cc2)c2cccc3c2-c2ccccc2C32c3ccccc3-c3ccc(-c4ccc5c(c4)C(c4ccccc4)(c4ccccc4)c4ccccc4-5)cc32)cc1. The normalized spacial score (nSPS) is 15.1. The first-order valence-electron chi connectivity index (χ1n) is 26.4. The van der Waals surface area contributed by atoms with E-state index in [4.69, 9.17) is 0 Å². The topological polar surface area (TPSA) is 3.24 Å². The first kappa shape index (κ1) is 45.1. The van der Waals surface area contributed by atoms with Crippen LogP contribution >= 0.6 is 0 Å². The average molecular weight is 968 g/mol. The van der Waals surface area contributed by atoms with Gasteiger partial charge in [0.15, 0.2) is 0 Å². The van der Waals surface area contributed by atoms with E-state index in [1.807, 2.05) is 18.2 Å². The molecule has 0 amide bonds. The number of rotatable bonds is 10. The summed E-state index contributed by atoms with van der Waals surface area (Å²) in [6.07, 6.45) is 7.97. The van der Waals surface area contributed by atoms with Gasteiger partial charge in [0.25, 0.3) is 0 Å². The lowest BCUT2D eigenvalue weighted by atomic mass is 9.67. The Morgan fingerprint density at radius 2 is 0.789 bits per heavy atom. The van der Waals surface area contributed by atoms with Gasteiger partial charge in [0.2, 0.25) is 0 Å². The molecular formula is C75H53N. The Morgan fingerprint density at radius 3 is 1.37 bits per heavy atom. The van der Waals surface area contributed by atoms with Gasteiger partial charge in [-0.2, -0.15) is 0 Å². The predicted octanol–water partition coefficient (Wildman–Crippen LogP) is 19.3. The monoisotopic (exact) mass is 967 g/mol. The molecule has 0 aliphatic heterocycles. The molecule has 1 nitrogen and oxygen atoms in total. The molecule has 0 bridgehead atoms. The van der Waals surface area contributed by atoms with E-state index >= 15 is 0 Å². The Morgan fingerprint density at radius 1 is 0.355 bits per heavy atom. The van der Waals surface area contributed by atoms with Crippen LogP contribution in [0.15, 0.2) is 298 Å². The van der Waals surface area contributed by atoms with Crippen LogP contribution in [0.4, 0.5) is 17.1 Å². The maximum absolute atomic E-state index is 3.86. The lowest BCUT2D eigenvalue weighted by molar-refractivity contribution is 0.768. The Labute approximate surface area is 446 Å². The molecule has 14 rings (SSSR count). The largest absolute Gasteiger partial charge is 0.310 e. The third-order valence-electron chi connectivity index (χ3n) is 16.5. The lowest BCUT2D eigenvalue weighted by Crippen LogP contribution is -2.28.